The van der Waals surface area contributed by atoms with Crippen LogP contribution in [0.15, 0.2) is 0 Å². The Hall–Kier alpha value is -0.510. The molecule has 1 fully saturated rings. The minimum Gasteiger partial charge on any atom is -0.468 e. The van der Waals surface area contributed by atoms with Gasteiger partial charge in [-0.1, -0.05) is 13.3 Å². The first kappa shape index (κ1) is 10.6. The Morgan fingerprint density at radius 1 is 1.69 bits per heavy atom. The van der Waals surface area contributed by atoms with Crippen molar-refractivity contribution >= 4 is 23.5 Å². The van der Waals surface area contributed by atoms with E-state index in [2.05, 4.69) is 4.74 Å². The van der Waals surface area contributed by atoms with Crippen molar-refractivity contribution in [3.8, 4) is 0 Å². The molecule has 3 nitrogen and oxygen atoms in total. The van der Waals surface area contributed by atoms with Crippen LogP contribution in [0.4, 0.5) is 0 Å². The molecule has 2 unspecified atom stereocenters. The Balaban J connectivity index is 2.54. The van der Waals surface area contributed by atoms with Gasteiger partial charge in [-0.2, -0.15) is 0 Å². The minimum atomic E-state index is -0.508. The Labute approximate surface area is 82.2 Å². The average Bonchev–Trinajstić information content (AvgIpc) is 2.48. The van der Waals surface area contributed by atoms with Crippen LogP contribution in [0.3, 0.4) is 0 Å². The summed E-state index contributed by atoms with van der Waals surface area (Å²) in [5, 5.41) is 0.0223. The molecule has 13 heavy (non-hydrogen) atoms. The van der Waals surface area contributed by atoms with Gasteiger partial charge in [-0.15, -0.1) is 11.8 Å². The summed E-state index contributed by atoms with van der Waals surface area (Å²) in [5.74, 6) is -0.239. The van der Waals surface area contributed by atoms with Gasteiger partial charge in [0.05, 0.1) is 12.4 Å². The number of esters is 1. The fourth-order valence-corrected chi connectivity index (χ4v) is 2.87. The van der Waals surface area contributed by atoms with E-state index in [9.17, 15) is 9.59 Å². The summed E-state index contributed by atoms with van der Waals surface area (Å²) in [7, 11) is 1.33. The lowest BCUT2D eigenvalue weighted by molar-refractivity contribution is -0.147. The molecule has 0 aromatic heterocycles. The van der Waals surface area contributed by atoms with Crippen LogP contribution in [0.5, 0.6) is 0 Å². The molecule has 0 aromatic rings. The summed E-state index contributed by atoms with van der Waals surface area (Å²) in [6.45, 7) is 2.04. The molecule has 1 rings (SSSR count). The first-order valence-corrected chi connectivity index (χ1v) is 5.48. The zero-order valence-corrected chi connectivity index (χ0v) is 8.73. The van der Waals surface area contributed by atoms with Crippen molar-refractivity contribution in [1.82, 2.24) is 0 Å². The number of ether oxygens (including phenoxy) is 1. The van der Waals surface area contributed by atoms with Crippen molar-refractivity contribution in [2.45, 2.75) is 25.0 Å². The molecular formula is C9H14O3S. The van der Waals surface area contributed by atoms with Gasteiger partial charge in [0.1, 0.15) is 5.92 Å². The third-order valence-corrected chi connectivity index (χ3v) is 3.56. The van der Waals surface area contributed by atoms with E-state index in [0.717, 1.165) is 12.8 Å². The van der Waals surface area contributed by atoms with Gasteiger partial charge < -0.3 is 4.74 Å². The van der Waals surface area contributed by atoms with Crippen molar-refractivity contribution in [2.75, 3.05) is 12.9 Å². The maximum atomic E-state index is 11.6. The molecule has 0 saturated carbocycles. The van der Waals surface area contributed by atoms with E-state index in [4.69, 9.17) is 0 Å². The molecule has 1 saturated heterocycles. The SMILES string of the molecule is CCCC1SCC(C(=O)OC)C1=O. The standard InChI is InChI=1S/C9H14O3S/c1-3-4-7-8(10)6(5-13-7)9(11)12-2/h6-7H,3-5H2,1-2H3. The number of Topliss-reactive ketones (excluding diaryl/α,β-unsaturated/α-hetero) is 1. The second-order valence-electron chi connectivity index (χ2n) is 3.09. The summed E-state index contributed by atoms with van der Waals surface area (Å²) in [4.78, 5) is 22.7. The Morgan fingerprint density at radius 3 is 2.92 bits per heavy atom. The molecule has 1 heterocycles. The molecule has 74 valence electrons. The summed E-state index contributed by atoms with van der Waals surface area (Å²) >= 11 is 1.58. The molecule has 1 aliphatic rings. The second kappa shape index (κ2) is 4.65. The van der Waals surface area contributed by atoms with Crippen molar-refractivity contribution in [3.63, 3.8) is 0 Å². The van der Waals surface area contributed by atoms with Crippen molar-refractivity contribution in [2.24, 2.45) is 5.92 Å². The number of carbonyl (C=O) groups excluding carboxylic acids is 2. The molecule has 0 aromatic carbocycles. The molecule has 1 aliphatic heterocycles. The van der Waals surface area contributed by atoms with Gasteiger partial charge in [0.25, 0.3) is 0 Å². The molecule has 0 bridgehead atoms. The van der Waals surface area contributed by atoms with Crippen LogP contribution in [0.1, 0.15) is 19.8 Å². The predicted molar refractivity (Wildman–Crippen MR) is 51.7 cm³/mol. The van der Waals surface area contributed by atoms with Crippen LogP contribution in [-0.2, 0) is 14.3 Å². The van der Waals surface area contributed by atoms with E-state index in [1.807, 2.05) is 6.92 Å². The zero-order valence-electron chi connectivity index (χ0n) is 7.91. The van der Waals surface area contributed by atoms with Crippen LogP contribution in [0.2, 0.25) is 0 Å². The van der Waals surface area contributed by atoms with Crippen molar-refractivity contribution < 1.29 is 14.3 Å². The minimum absolute atomic E-state index is 0.0223. The number of methoxy groups -OCH3 is 1. The summed E-state index contributed by atoms with van der Waals surface area (Å²) in [6, 6.07) is 0. The largest absolute Gasteiger partial charge is 0.468 e. The zero-order chi connectivity index (χ0) is 9.84. The lowest BCUT2D eigenvalue weighted by Crippen LogP contribution is -2.26. The van der Waals surface area contributed by atoms with Gasteiger partial charge in [-0.3, -0.25) is 9.59 Å². The number of carbonyl (C=O) groups is 2. The predicted octanol–water partition coefficient (Wildman–Crippen LogP) is 1.26. The molecule has 0 amide bonds. The average molecular weight is 202 g/mol. The van der Waals surface area contributed by atoms with Gasteiger partial charge >= 0.3 is 5.97 Å². The van der Waals surface area contributed by atoms with Crippen molar-refractivity contribution in [3.05, 3.63) is 0 Å². The Bertz CT molecular complexity index is 215. The molecule has 0 radical (unpaired) electrons. The molecular weight excluding hydrogens is 188 g/mol. The second-order valence-corrected chi connectivity index (χ2v) is 4.32. The summed E-state index contributed by atoms with van der Waals surface area (Å²) in [5.41, 5.74) is 0. The highest BCUT2D eigenvalue weighted by Gasteiger charge is 2.39. The lowest BCUT2D eigenvalue weighted by atomic mass is 10.0. The Kier molecular flexibility index (Phi) is 3.78. The van der Waals surface area contributed by atoms with Gasteiger partial charge in [0.2, 0.25) is 0 Å². The van der Waals surface area contributed by atoms with Gasteiger partial charge in [-0.25, -0.2) is 0 Å². The van der Waals surface area contributed by atoms with Gasteiger partial charge in [-0.05, 0) is 6.42 Å². The van der Waals surface area contributed by atoms with E-state index in [0.29, 0.717) is 5.75 Å². The maximum Gasteiger partial charge on any atom is 0.317 e. The molecule has 0 spiro atoms. The molecule has 2 atom stereocenters. The fourth-order valence-electron chi connectivity index (χ4n) is 1.42. The van der Waals surface area contributed by atoms with Crippen LogP contribution in [-0.4, -0.2) is 29.9 Å². The van der Waals surface area contributed by atoms with Crippen LogP contribution in [0, 0.1) is 5.92 Å². The number of hydrogen-bond acceptors (Lipinski definition) is 4. The van der Waals surface area contributed by atoms with Crippen LogP contribution in [0.25, 0.3) is 0 Å². The summed E-state index contributed by atoms with van der Waals surface area (Å²) < 4.78 is 4.56. The Morgan fingerprint density at radius 2 is 2.38 bits per heavy atom. The van der Waals surface area contributed by atoms with Gasteiger partial charge in [0.15, 0.2) is 5.78 Å². The monoisotopic (exact) mass is 202 g/mol. The lowest BCUT2D eigenvalue weighted by Gasteiger charge is -2.06. The van der Waals surface area contributed by atoms with Crippen molar-refractivity contribution in [1.29, 1.82) is 0 Å². The number of thioether (sulfide) groups is 1. The van der Waals surface area contributed by atoms with Crippen LogP contribution >= 0.6 is 11.8 Å². The molecule has 0 N–H and O–H groups in total. The topological polar surface area (TPSA) is 43.4 Å². The fraction of sp³-hybridized carbons (Fsp3) is 0.778. The highest BCUT2D eigenvalue weighted by molar-refractivity contribution is 8.01. The normalized spacial score (nSPS) is 27.7. The van der Waals surface area contributed by atoms with E-state index >= 15 is 0 Å². The third-order valence-electron chi connectivity index (χ3n) is 2.16. The first-order valence-electron chi connectivity index (χ1n) is 4.43. The number of hydrogen-bond donors (Lipinski definition) is 0. The van der Waals surface area contributed by atoms with E-state index in [1.54, 1.807) is 11.8 Å². The molecule has 0 aliphatic carbocycles. The van der Waals surface area contributed by atoms with E-state index in [1.165, 1.54) is 7.11 Å². The highest BCUT2D eigenvalue weighted by atomic mass is 32.2. The smallest absolute Gasteiger partial charge is 0.317 e. The van der Waals surface area contributed by atoms with E-state index in [-0.39, 0.29) is 17.0 Å². The number of rotatable bonds is 3. The maximum absolute atomic E-state index is 11.6. The summed E-state index contributed by atoms with van der Waals surface area (Å²) in [6.07, 6.45) is 1.86. The number of ketones is 1. The quantitative estimate of drug-likeness (QED) is 0.510. The van der Waals surface area contributed by atoms with E-state index < -0.39 is 5.92 Å². The first-order chi connectivity index (χ1) is 6.20. The molecule has 4 heteroatoms. The van der Waals surface area contributed by atoms with Gasteiger partial charge in [0, 0.05) is 5.75 Å². The van der Waals surface area contributed by atoms with Crippen LogP contribution < -0.4 is 0 Å². The third kappa shape index (κ3) is 2.24. The highest BCUT2D eigenvalue weighted by Crippen LogP contribution is 2.31.